The maximum Gasteiger partial charge on any atom is 0.121 e. The lowest BCUT2D eigenvalue weighted by Crippen LogP contribution is -2.37. The van der Waals surface area contributed by atoms with Gasteiger partial charge in [-0.15, -0.1) is 21.5 Å². The zero-order chi connectivity index (χ0) is 12.8. The molecule has 0 aromatic carbocycles. The standard InChI is InChI=1S/C14H23N3S/c1-14(2,3)15-8-7-11-16-17-13(18-11)12-9-5-4-6-10(9)12/h9-10,12,15H,4-8H2,1-3H3. The maximum absolute atomic E-state index is 4.42. The molecule has 100 valence electrons. The minimum Gasteiger partial charge on any atom is -0.312 e. The Kier molecular flexibility index (Phi) is 3.18. The fourth-order valence-corrected chi connectivity index (χ4v) is 4.33. The Hall–Kier alpha value is -0.480. The molecule has 0 saturated heterocycles. The molecule has 1 aromatic heterocycles. The molecule has 1 heterocycles. The summed E-state index contributed by atoms with van der Waals surface area (Å²) in [6.07, 6.45) is 5.30. The van der Waals surface area contributed by atoms with E-state index in [1.54, 1.807) is 0 Å². The molecule has 3 rings (SSSR count). The molecule has 2 atom stereocenters. The van der Waals surface area contributed by atoms with Gasteiger partial charge in [0.2, 0.25) is 0 Å². The van der Waals surface area contributed by atoms with Gasteiger partial charge in [-0.2, -0.15) is 0 Å². The first-order chi connectivity index (χ1) is 8.54. The second kappa shape index (κ2) is 4.57. The molecule has 0 amide bonds. The molecule has 1 N–H and O–H groups in total. The first kappa shape index (κ1) is 12.5. The van der Waals surface area contributed by atoms with Crippen LogP contribution in [0.2, 0.25) is 0 Å². The number of hydrogen-bond donors (Lipinski definition) is 1. The number of fused-ring (bicyclic) bond motifs is 1. The second-order valence-electron chi connectivity index (χ2n) is 6.75. The van der Waals surface area contributed by atoms with Gasteiger partial charge in [0.05, 0.1) is 0 Å². The molecule has 2 aliphatic rings. The monoisotopic (exact) mass is 265 g/mol. The first-order valence-electron chi connectivity index (χ1n) is 7.12. The highest BCUT2D eigenvalue weighted by Crippen LogP contribution is 2.63. The van der Waals surface area contributed by atoms with Crippen LogP contribution in [0.4, 0.5) is 0 Å². The fraction of sp³-hybridized carbons (Fsp3) is 0.857. The molecule has 2 fully saturated rings. The van der Waals surface area contributed by atoms with Crippen molar-refractivity contribution < 1.29 is 0 Å². The fourth-order valence-electron chi connectivity index (χ4n) is 3.23. The third-order valence-corrected chi connectivity index (χ3v) is 5.25. The first-order valence-corrected chi connectivity index (χ1v) is 7.93. The van der Waals surface area contributed by atoms with Crippen molar-refractivity contribution in [3.63, 3.8) is 0 Å². The summed E-state index contributed by atoms with van der Waals surface area (Å²) in [6.45, 7) is 7.59. The van der Waals surface area contributed by atoms with E-state index in [4.69, 9.17) is 0 Å². The van der Waals surface area contributed by atoms with E-state index in [0.717, 1.165) is 30.7 Å². The molecule has 0 spiro atoms. The highest BCUT2D eigenvalue weighted by Gasteiger charge is 2.54. The summed E-state index contributed by atoms with van der Waals surface area (Å²) in [5.74, 6) is 2.69. The van der Waals surface area contributed by atoms with Crippen molar-refractivity contribution in [2.24, 2.45) is 11.8 Å². The quantitative estimate of drug-likeness (QED) is 0.909. The largest absolute Gasteiger partial charge is 0.312 e. The van der Waals surface area contributed by atoms with Gasteiger partial charge >= 0.3 is 0 Å². The molecular weight excluding hydrogens is 242 g/mol. The van der Waals surface area contributed by atoms with E-state index >= 15 is 0 Å². The van der Waals surface area contributed by atoms with E-state index in [1.165, 1.54) is 29.3 Å². The lowest BCUT2D eigenvalue weighted by molar-refractivity contribution is 0.429. The third-order valence-electron chi connectivity index (χ3n) is 4.17. The summed E-state index contributed by atoms with van der Waals surface area (Å²) in [5, 5.41) is 14.8. The van der Waals surface area contributed by atoms with Crippen molar-refractivity contribution in [1.82, 2.24) is 15.5 Å². The van der Waals surface area contributed by atoms with Crippen LogP contribution in [0.1, 0.15) is 56.0 Å². The Morgan fingerprint density at radius 1 is 1.22 bits per heavy atom. The lowest BCUT2D eigenvalue weighted by Gasteiger charge is -2.19. The normalized spacial score (nSPS) is 30.5. The summed E-state index contributed by atoms with van der Waals surface area (Å²) in [7, 11) is 0. The summed E-state index contributed by atoms with van der Waals surface area (Å²) < 4.78 is 0. The van der Waals surface area contributed by atoms with Gasteiger partial charge in [-0.1, -0.05) is 6.42 Å². The van der Waals surface area contributed by atoms with Crippen LogP contribution in [0.3, 0.4) is 0 Å². The van der Waals surface area contributed by atoms with Crippen LogP contribution in [0.25, 0.3) is 0 Å². The van der Waals surface area contributed by atoms with Gasteiger partial charge in [0, 0.05) is 24.4 Å². The molecule has 3 nitrogen and oxygen atoms in total. The van der Waals surface area contributed by atoms with Crippen LogP contribution >= 0.6 is 11.3 Å². The van der Waals surface area contributed by atoms with Gasteiger partial charge in [-0.05, 0) is 45.4 Å². The summed E-state index contributed by atoms with van der Waals surface area (Å²) in [4.78, 5) is 0. The Labute approximate surface area is 113 Å². The minimum atomic E-state index is 0.195. The number of nitrogens with one attached hydrogen (secondary N) is 1. The molecule has 0 aliphatic heterocycles. The molecule has 0 bridgehead atoms. The summed E-state index contributed by atoms with van der Waals surface area (Å²) in [5.41, 5.74) is 0.195. The van der Waals surface area contributed by atoms with Crippen molar-refractivity contribution in [2.75, 3.05) is 6.54 Å². The minimum absolute atomic E-state index is 0.195. The van der Waals surface area contributed by atoms with Crippen molar-refractivity contribution >= 4 is 11.3 Å². The van der Waals surface area contributed by atoms with Crippen molar-refractivity contribution in [1.29, 1.82) is 0 Å². The van der Waals surface area contributed by atoms with Crippen LogP contribution in [0.5, 0.6) is 0 Å². The number of rotatable bonds is 4. The van der Waals surface area contributed by atoms with Crippen LogP contribution < -0.4 is 5.32 Å². The topological polar surface area (TPSA) is 37.8 Å². The van der Waals surface area contributed by atoms with Crippen LogP contribution in [0.15, 0.2) is 0 Å². The van der Waals surface area contributed by atoms with Crippen molar-refractivity contribution in [2.45, 2.75) is 57.9 Å². The van der Waals surface area contributed by atoms with Crippen molar-refractivity contribution in [3.05, 3.63) is 10.0 Å². The SMILES string of the molecule is CC(C)(C)NCCc1nnc(C2C3CCCC32)s1. The van der Waals surface area contributed by atoms with Gasteiger partial charge < -0.3 is 5.32 Å². The van der Waals surface area contributed by atoms with Crippen molar-refractivity contribution in [3.8, 4) is 0 Å². The molecule has 0 radical (unpaired) electrons. The average Bonchev–Trinajstić information content (AvgIpc) is 2.71. The maximum atomic E-state index is 4.42. The Balaban J connectivity index is 1.51. The number of aromatic nitrogens is 2. The zero-order valence-corrected chi connectivity index (χ0v) is 12.4. The van der Waals surface area contributed by atoms with Crippen LogP contribution in [-0.4, -0.2) is 22.3 Å². The Morgan fingerprint density at radius 2 is 1.94 bits per heavy atom. The molecule has 2 unspecified atom stereocenters. The summed E-state index contributed by atoms with van der Waals surface area (Å²) >= 11 is 1.85. The molecule has 2 aliphatic carbocycles. The van der Waals surface area contributed by atoms with Crippen LogP contribution in [0, 0.1) is 11.8 Å². The molecular formula is C14H23N3S. The highest BCUT2D eigenvalue weighted by atomic mass is 32.1. The third kappa shape index (κ3) is 2.59. The lowest BCUT2D eigenvalue weighted by atomic mass is 10.1. The molecule has 4 heteroatoms. The molecule has 18 heavy (non-hydrogen) atoms. The predicted molar refractivity (Wildman–Crippen MR) is 74.9 cm³/mol. The zero-order valence-electron chi connectivity index (χ0n) is 11.6. The van der Waals surface area contributed by atoms with E-state index < -0.39 is 0 Å². The Bertz CT molecular complexity index is 411. The average molecular weight is 265 g/mol. The Morgan fingerprint density at radius 3 is 2.61 bits per heavy atom. The van der Waals surface area contributed by atoms with E-state index in [0.29, 0.717) is 0 Å². The number of hydrogen-bond acceptors (Lipinski definition) is 4. The van der Waals surface area contributed by atoms with Gasteiger partial charge in [0.15, 0.2) is 0 Å². The molecule has 1 aromatic rings. The van der Waals surface area contributed by atoms with E-state index in [-0.39, 0.29) is 5.54 Å². The van der Waals surface area contributed by atoms with Gasteiger partial charge in [-0.3, -0.25) is 0 Å². The smallest absolute Gasteiger partial charge is 0.121 e. The molecule has 2 saturated carbocycles. The summed E-state index contributed by atoms with van der Waals surface area (Å²) in [6, 6.07) is 0. The van der Waals surface area contributed by atoms with Gasteiger partial charge in [0.1, 0.15) is 10.0 Å². The van der Waals surface area contributed by atoms with Gasteiger partial charge in [0.25, 0.3) is 0 Å². The van der Waals surface area contributed by atoms with Gasteiger partial charge in [-0.25, -0.2) is 0 Å². The van der Waals surface area contributed by atoms with E-state index in [2.05, 4.69) is 36.3 Å². The van der Waals surface area contributed by atoms with E-state index in [1.807, 2.05) is 11.3 Å². The van der Waals surface area contributed by atoms with E-state index in [9.17, 15) is 0 Å². The predicted octanol–water partition coefficient (Wildman–Crippen LogP) is 2.98. The number of nitrogens with zero attached hydrogens (tertiary/aromatic N) is 2. The highest BCUT2D eigenvalue weighted by molar-refractivity contribution is 7.11. The second-order valence-corrected chi connectivity index (χ2v) is 7.84. The van der Waals surface area contributed by atoms with Crippen LogP contribution in [-0.2, 0) is 6.42 Å².